The zero-order chi connectivity index (χ0) is 23.4. The summed E-state index contributed by atoms with van der Waals surface area (Å²) < 4.78 is 86.6. The summed E-state index contributed by atoms with van der Waals surface area (Å²) in [6.45, 7) is 0. The van der Waals surface area contributed by atoms with Gasteiger partial charge in [0.15, 0.2) is 29.0 Å². The predicted molar refractivity (Wildman–Crippen MR) is 103 cm³/mol. The average molecular weight is 516 g/mol. The van der Waals surface area contributed by atoms with E-state index in [9.17, 15) is 35.9 Å². The van der Waals surface area contributed by atoms with Crippen LogP contribution in [-0.4, -0.2) is 11.8 Å². The molecule has 0 fully saturated rings. The van der Waals surface area contributed by atoms with Crippen molar-refractivity contribution in [3.8, 4) is 11.5 Å². The van der Waals surface area contributed by atoms with Crippen molar-refractivity contribution in [1.82, 2.24) is 0 Å². The molecule has 0 saturated carbocycles. The molecule has 1 aliphatic rings. The van der Waals surface area contributed by atoms with Gasteiger partial charge in [0.25, 0.3) is 11.8 Å². The minimum absolute atomic E-state index is 0.00993. The molecular formula is C21H8BrF6NO3. The van der Waals surface area contributed by atoms with E-state index in [2.05, 4.69) is 15.9 Å². The molecule has 1 heterocycles. The summed E-state index contributed by atoms with van der Waals surface area (Å²) in [6, 6.07) is 7.61. The van der Waals surface area contributed by atoms with Crippen molar-refractivity contribution in [2.24, 2.45) is 0 Å². The fourth-order valence-corrected chi connectivity index (χ4v) is 3.56. The summed E-state index contributed by atoms with van der Waals surface area (Å²) in [5.41, 5.74) is -2.09. The third-order valence-corrected chi connectivity index (χ3v) is 5.01. The standard InChI is InChI=1S/C21H8BrF6NO3/c22-10-7-15(25)18(32-17-13(23)5-9(6-14(17)24)21(26,27)28)16(8-10)29-19(30)11-3-1-2-4-12(11)20(29)31/h1-8H. The fourth-order valence-electron chi connectivity index (χ4n) is 3.15. The third kappa shape index (κ3) is 3.62. The normalized spacial score (nSPS) is 13.5. The number of fused-ring (bicyclic) bond motifs is 1. The Balaban J connectivity index is 1.83. The van der Waals surface area contributed by atoms with Crippen molar-refractivity contribution in [2.45, 2.75) is 6.18 Å². The van der Waals surface area contributed by atoms with Gasteiger partial charge >= 0.3 is 6.18 Å². The number of hydrogen-bond donors (Lipinski definition) is 0. The van der Waals surface area contributed by atoms with Gasteiger partial charge in [-0.15, -0.1) is 0 Å². The lowest BCUT2D eigenvalue weighted by Crippen LogP contribution is -2.30. The fraction of sp³-hybridized carbons (Fsp3) is 0.0476. The highest BCUT2D eigenvalue weighted by molar-refractivity contribution is 9.10. The summed E-state index contributed by atoms with van der Waals surface area (Å²) in [7, 11) is 0. The van der Waals surface area contributed by atoms with Crippen molar-refractivity contribution < 1.29 is 40.7 Å². The van der Waals surface area contributed by atoms with Crippen LogP contribution in [0, 0.1) is 17.5 Å². The van der Waals surface area contributed by atoms with Gasteiger partial charge in [0.2, 0.25) is 0 Å². The number of anilines is 1. The Labute approximate surface area is 184 Å². The number of benzene rings is 3. The number of amides is 2. The van der Waals surface area contributed by atoms with Crippen LogP contribution in [0.4, 0.5) is 32.0 Å². The molecule has 32 heavy (non-hydrogen) atoms. The molecule has 0 radical (unpaired) electrons. The average Bonchev–Trinajstić information content (AvgIpc) is 2.95. The van der Waals surface area contributed by atoms with Crippen LogP contribution in [-0.2, 0) is 6.18 Å². The minimum atomic E-state index is -5.03. The highest BCUT2D eigenvalue weighted by atomic mass is 79.9. The topological polar surface area (TPSA) is 46.6 Å². The van der Waals surface area contributed by atoms with Gasteiger partial charge in [-0.25, -0.2) is 18.1 Å². The number of rotatable bonds is 3. The van der Waals surface area contributed by atoms with Gasteiger partial charge in [-0.2, -0.15) is 13.2 Å². The van der Waals surface area contributed by atoms with E-state index in [0.29, 0.717) is 4.90 Å². The van der Waals surface area contributed by atoms with Crippen molar-refractivity contribution in [2.75, 3.05) is 4.90 Å². The molecule has 0 saturated heterocycles. The first kappa shape index (κ1) is 21.9. The molecule has 11 heteroatoms. The number of nitrogens with zero attached hydrogens (tertiary/aromatic N) is 1. The van der Waals surface area contributed by atoms with E-state index >= 15 is 0 Å². The Hall–Kier alpha value is -3.34. The largest absolute Gasteiger partial charge is 0.446 e. The second-order valence-corrected chi connectivity index (χ2v) is 7.51. The lowest BCUT2D eigenvalue weighted by atomic mass is 10.1. The Morgan fingerprint density at radius 3 is 1.78 bits per heavy atom. The highest BCUT2D eigenvalue weighted by Gasteiger charge is 2.39. The molecule has 3 aromatic rings. The molecule has 0 atom stereocenters. The maximum Gasteiger partial charge on any atom is 0.416 e. The molecule has 0 aromatic heterocycles. The summed E-state index contributed by atoms with van der Waals surface area (Å²) in [5, 5.41) is 0. The second-order valence-electron chi connectivity index (χ2n) is 6.60. The van der Waals surface area contributed by atoms with Crippen LogP contribution < -0.4 is 9.64 Å². The molecular weight excluding hydrogens is 508 g/mol. The van der Waals surface area contributed by atoms with Crippen LogP contribution in [0.3, 0.4) is 0 Å². The monoisotopic (exact) mass is 515 g/mol. The van der Waals surface area contributed by atoms with Crippen molar-refractivity contribution >= 4 is 33.4 Å². The van der Waals surface area contributed by atoms with Crippen LogP contribution in [0.25, 0.3) is 0 Å². The number of ether oxygens (including phenoxy) is 1. The van der Waals surface area contributed by atoms with Gasteiger partial charge in [-0.1, -0.05) is 28.1 Å². The van der Waals surface area contributed by atoms with E-state index in [1.165, 1.54) is 24.3 Å². The molecule has 164 valence electrons. The van der Waals surface area contributed by atoms with E-state index in [1.54, 1.807) is 0 Å². The Morgan fingerprint density at radius 2 is 1.28 bits per heavy atom. The zero-order valence-corrected chi connectivity index (χ0v) is 17.0. The van der Waals surface area contributed by atoms with Crippen LogP contribution in [0.2, 0.25) is 0 Å². The summed E-state index contributed by atoms with van der Waals surface area (Å²) in [4.78, 5) is 26.1. The highest BCUT2D eigenvalue weighted by Crippen LogP contribution is 2.43. The van der Waals surface area contributed by atoms with Gasteiger partial charge in [0.05, 0.1) is 22.4 Å². The Morgan fingerprint density at radius 1 is 0.781 bits per heavy atom. The maximum absolute atomic E-state index is 14.7. The van der Waals surface area contributed by atoms with Crippen molar-refractivity contribution in [1.29, 1.82) is 0 Å². The van der Waals surface area contributed by atoms with Gasteiger partial charge in [-0.3, -0.25) is 9.59 Å². The van der Waals surface area contributed by atoms with Crippen LogP contribution in [0.5, 0.6) is 11.5 Å². The van der Waals surface area contributed by atoms with E-state index in [-0.39, 0.29) is 27.7 Å². The summed E-state index contributed by atoms with van der Waals surface area (Å²) in [6.07, 6.45) is -5.03. The Bertz CT molecular complexity index is 1230. The minimum Gasteiger partial charge on any atom is -0.446 e. The molecule has 0 bridgehead atoms. The van der Waals surface area contributed by atoms with Gasteiger partial charge in [0.1, 0.15) is 0 Å². The number of halogens is 7. The first-order valence-corrected chi connectivity index (χ1v) is 9.49. The number of carbonyl (C=O) groups is 2. The predicted octanol–water partition coefficient (Wildman–Crippen LogP) is 6.48. The Kier molecular flexibility index (Phi) is 5.24. The van der Waals surface area contributed by atoms with Crippen LogP contribution in [0.1, 0.15) is 26.3 Å². The molecule has 2 amide bonds. The zero-order valence-electron chi connectivity index (χ0n) is 15.4. The summed E-state index contributed by atoms with van der Waals surface area (Å²) >= 11 is 3.00. The third-order valence-electron chi connectivity index (χ3n) is 4.55. The number of imide groups is 1. The molecule has 4 rings (SSSR count). The molecule has 0 spiro atoms. The van der Waals surface area contributed by atoms with E-state index < -0.39 is 58.2 Å². The summed E-state index contributed by atoms with van der Waals surface area (Å²) in [5.74, 6) is -8.70. The SMILES string of the molecule is O=C1c2ccccc2C(=O)N1c1cc(Br)cc(F)c1Oc1c(F)cc(C(F)(F)F)cc1F. The molecule has 1 aliphatic heterocycles. The van der Waals surface area contributed by atoms with Crippen molar-refractivity contribution in [3.05, 3.63) is 87.1 Å². The lowest BCUT2D eigenvalue weighted by molar-refractivity contribution is -0.138. The molecule has 0 aliphatic carbocycles. The van der Waals surface area contributed by atoms with Crippen LogP contribution >= 0.6 is 15.9 Å². The number of hydrogen-bond acceptors (Lipinski definition) is 3. The van der Waals surface area contributed by atoms with E-state index in [1.807, 2.05) is 0 Å². The molecule has 0 unspecified atom stereocenters. The lowest BCUT2D eigenvalue weighted by Gasteiger charge is -2.20. The molecule has 0 N–H and O–H groups in total. The van der Waals surface area contributed by atoms with Gasteiger partial charge < -0.3 is 4.74 Å². The van der Waals surface area contributed by atoms with Crippen LogP contribution in [0.15, 0.2) is 53.0 Å². The quantitative estimate of drug-likeness (QED) is 0.296. The molecule has 4 nitrogen and oxygen atoms in total. The molecule has 3 aromatic carbocycles. The second kappa shape index (κ2) is 7.66. The van der Waals surface area contributed by atoms with Gasteiger partial charge in [0, 0.05) is 4.47 Å². The smallest absolute Gasteiger partial charge is 0.416 e. The number of carbonyl (C=O) groups excluding carboxylic acids is 2. The first-order valence-electron chi connectivity index (χ1n) is 8.70. The number of alkyl halides is 3. The van der Waals surface area contributed by atoms with Crippen molar-refractivity contribution in [3.63, 3.8) is 0 Å². The maximum atomic E-state index is 14.7. The van der Waals surface area contributed by atoms with E-state index in [0.717, 1.165) is 12.1 Å². The first-order chi connectivity index (χ1) is 15.0. The van der Waals surface area contributed by atoms with Gasteiger partial charge in [-0.05, 0) is 36.4 Å². The van der Waals surface area contributed by atoms with E-state index in [4.69, 9.17) is 4.74 Å².